The van der Waals surface area contributed by atoms with E-state index in [0.29, 0.717) is 0 Å². The summed E-state index contributed by atoms with van der Waals surface area (Å²) < 4.78 is 21.8. The van der Waals surface area contributed by atoms with E-state index in [-0.39, 0.29) is 12.2 Å². The Bertz CT molecular complexity index is 621. The molecule has 0 bridgehead atoms. The molecule has 0 N–H and O–H groups in total. The highest BCUT2D eigenvalue weighted by Crippen LogP contribution is 2.54. The number of benzene rings is 2. The van der Waals surface area contributed by atoms with E-state index < -0.39 is 0 Å². The zero-order valence-corrected chi connectivity index (χ0v) is 12.3. The van der Waals surface area contributed by atoms with Crippen molar-refractivity contribution in [3.8, 4) is 17.2 Å². The van der Waals surface area contributed by atoms with Crippen molar-refractivity contribution < 1.29 is 18.9 Å². The Morgan fingerprint density at radius 3 is 2.19 bits per heavy atom. The van der Waals surface area contributed by atoms with Crippen molar-refractivity contribution in [2.45, 2.75) is 12.2 Å². The number of hydrogen-bond donors (Lipinski definition) is 0. The van der Waals surface area contributed by atoms with Crippen molar-refractivity contribution in [2.24, 2.45) is 0 Å². The highest BCUT2D eigenvalue weighted by Gasteiger charge is 2.43. The number of methoxy groups -OCH3 is 3. The van der Waals surface area contributed by atoms with Crippen LogP contribution >= 0.6 is 0 Å². The van der Waals surface area contributed by atoms with E-state index in [4.69, 9.17) is 18.9 Å². The third-order valence-corrected chi connectivity index (χ3v) is 3.68. The first-order valence-electron chi connectivity index (χ1n) is 6.78. The minimum absolute atomic E-state index is 0.00319. The largest absolute Gasteiger partial charge is 0.497 e. The van der Waals surface area contributed by atoms with Crippen molar-refractivity contribution in [1.29, 1.82) is 0 Å². The molecule has 0 amide bonds. The van der Waals surface area contributed by atoms with Crippen molar-refractivity contribution in [1.82, 2.24) is 0 Å². The van der Waals surface area contributed by atoms with E-state index in [1.807, 2.05) is 42.5 Å². The Morgan fingerprint density at radius 2 is 1.57 bits per heavy atom. The minimum Gasteiger partial charge on any atom is -0.497 e. The second-order valence-electron chi connectivity index (χ2n) is 4.83. The van der Waals surface area contributed by atoms with E-state index in [9.17, 15) is 0 Å². The van der Waals surface area contributed by atoms with Gasteiger partial charge in [-0.05, 0) is 23.8 Å². The van der Waals surface area contributed by atoms with E-state index >= 15 is 0 Å². The molecule has 0 radical (unpaired) electrons. The van der Waals surface area contributed by atoms with Gasteiger partial charge in [0.25, 0.3) is 0 Å². The lowest BCUT2D eigenvalue weighted by molar-refractivity contribution is 0.339. The number of epoxide rings is 1. The van der Waals surface area contributed by atoms with Gasteiger partial charge in [0.2, 0.25) is 0 Å². The molecule has 3 rings (SSSR count). The molecular formula is C17H18O4. The number of para-hydroxylation sites is 1. The Balaban J connectivity index is 1.84. The fourth-order valence-corrected chi connectivity index (χ4v) is 2.53. The van der Waals surface area contributed by atoms with Gasteiger partial charge in [0, 0.05) is 5.56 Å². The summed E-state index contributed by atoms with van der Waals surface area (Å²) in [5.74, 6) is 2.30. The molecule has 2 aromatic rings. The van der Waals surface area contributed by atoms with Gasteiger partial charge in [0.15, 0.2) is 11.5 Å². The summed E-state index contributed by atoms with van der Waals surface area (Å²) >= 11 is 0. The second kappa shape index (κ2) is 5.66. The monoisotopic (exact) mass is 286 g/mol. The standard InChI is InChI=1S/C17H18O4/c1-18-12-9-7-11(8-10-12)15-17(21-15)13-5-4-6-14(19-2)16(13)20-3/h4-10,15,17H,1-3H3. The van der Waals surface area contributed by atoms with Gasteiger partial charge in [-0.2, -0.15) is 0 Å². The predicted octanol–water partition coefficient (Wildman–Crippen LogP) is 3.53. The lowest BCUT2D eigenvalue weighted by Crippen LogP contribution is -1.95. The molecule has 1 fully saturated rings. The molecule has 2 unspecified atom stereocenters. The second-order valence-corrected chi connectivity index (χ2v) is 4.83. The molecule has 1 aliphatic heterocycles. The van der Waals surface area contributed by atoms with Crippen LogP contribution in [0.25, 0.3) is 0 Å². The SMILES string of the molecule is COc1ccc(C2OC2c2cccc(OC)c2OC)cc1. The van der Waals surface area contributed by atoms with Gasteiger partial charge >= 0.3 is 0 Å². The maximum absolute atomic E-state index is 5.83. The zero-order valence-electron chi connectivity index (χ0n) is 12.3. The zero-order chi connectivity index (χ0) is 14.8. The summed E-state index contributed by atoms with van der Waals surface area (Å²) in [7, 11) is 4.94. The fourth-order valence-electron chi connectivity index (χ4n) is 2.53. The molecule has 1 aliphatic rings. The molecule has 21 heavy (non-hydrogen) atoms. The maximum Gasteiger partial charge on any atom is 0.166 e. The van der Waals surface area contributed by atoms with Crippen LogP contribution in [-0.2, 0) is 4.74 Å². The number of ether oxygens (including phenoxy) is 4. The normalized spacial score (nSPS) is 20.0. The van der Waals surface area contributed by atoms with Crippen molar-refractivity contribution in [3.05, 3.63) is 53.6 Å². The van der Waals surface area contributed by atoms with Crippen molar-refractivity contribution >= 4 is 0 Å². The lowest BCUT2D eigenvalue weighted by Gasteiger charge is -2.10. The average molecular weight is 286 g/mol. The molecule has 4 heteroatoms. The van der Waals surface area contributed by atoms with Crippen molar-refractivity contribution in [2.75, 3.05) is 21.3 Å². The molecule has 110 valence electrons. The van der Waals surface area contributed by atoms with E-state index in [1.54, 1.807) is 21.3 Å². The molecular weight excluding hydrogens is 268 g/mol. The van der Waals surface area contributed by atoms with Gasteiger partial charge in [-0.15, -0.1) is 0 Å². The molecule has 0 saturated carbocycles. The van der Waals surface area contributed by atoms with Gasteiger partial charge in [-0.1, -0.05) is 24.3 Å². The maximum atomic E-state index is 5.83. The summed E-state index contributed by atoms with van der Waals surface area (Å²) in [6.45, 7) is 0. The Morgan fingerprint density at radius 1 is 0.810 bits per heavy atom. The van der Waals surface area contributed by atoms with Gasteiger partial charge in [-0.25, -0.2) is 0 Å². The van der Waals surface area contributed by atoms with Crippen LogP contribution in [0.3, 0.4) is 0 Å². The van der Waals surface area contributed by atoms with Crippen LogP contribution in [-0.4, -0.2) is 21.3 Å². The molecule has 2 atom stereocenters. The molecule has 0 aromatic heterocycles. The molecule has 0 aliphatic carbocycles. The third-order valence-electron chi connectivity index (χ3n) is 3.68. The Labute approximate surface area is 124 Å². The molecule has 2 aromatic carbocycles. The summed E-state index contributed by atoms with van der Waals surface area (Å²) in [6.07, 6.45) is 0.0559. The highest BCUT2D eigenvalue weighted by atomic mass is 16.6. The molecule has 1 saturated heterocycles. The first kappa shape index (κ1) is 13.8. The van der Waals surface area contributed by atoms with Gasteiger partial charge < -0.3 is 18.9 Å². The van der Waals surface area contributed by atoms with Gasteiger partial charge in [0.05, 0.1) is 21.3 Å². The first-order valence-corrected chi connectivity index (χ1v) is 6.78. The molecule has 0 spiro atoms. The minimum atomic E-state index is 0.00319. The third kappa shape index (κ3) is 2.54. The van der Waals surface area contributed by atoms with E-state index in [2.05, 4.69) is 0 Å². The van der Waals surface area contributed by atoms with Crippen LogP contribution < -0.4 is 14.2 Å². The smallest absolute Gasteiger partial charge is 0.166 e. The Kier molecular flexibility index (Phi) is 3.71. The fraction of sp³-hybridized carbons (Fsp3) is 0.294. The van der Waals surface area contributed by atoms with E-state index in [0.717, 1.165) is 28.4 Å². The number of rotatable bonds is 5. The summed E-state index contributed by atoms with van der Waals surface area (Å²) in [5, 5.41) is 0. The first-order chi connectivity index (χ1) is 10.3. The predicted molar refractivity (Wildman–Crippen MR) is 79.1 cm³/mol. The van der Waals surface area contributed by atoms with Crippen LogP contribution in [0.1, 0.15) is 23.3 Å². The lowest BCUT2D eigenvalue weighted by atomic mass is 10.0. The van der Waals surface area contributed by atoms with E-state index in [1.165, 1.54) is 0 Å². The van der Waals surface area contributed by atoms with Crippen LogP contribution in [0.2, 0.25) is 0 Å². The van der Waals surface area contributed by atoms with Gasteiger partial charge in [-0.3, -0.25) is 0 Å². The van der Waals surface area contributed by atoms with Crippen LogP contribution in [0.4, 0.5) is 0 Å². The van der Waals surface area contributed by atoms with Crippen LogP contribution in [0.5, 0.6) is 17.2 Å². The van der Waals surface area contributed by atoms with Crippen LogP contribution in [0, 0.1) is 0 Å². The quantitative estimate of drug-likeness (QED) is 0.788. The highest BCUT2D eigenvalue weighted by molar-refractivity contribution is 5.50. The Hall–Kier alpha value is -2.20. The summed E-state index contributed by atoms with van der Waals surface area (Å²) in [4.78, 5) is 0. The molecule has 1 heterocycles. The van der Waals surface area contributed by atoms with Gasteiger partial charge in [0.1, 0.15) is 18.0 Å². The molecule has 4 nitrogen and oxygen atoms in total. The summed E-state index contributed by atoms with van der Waals surface area (Å²) in [5.41, 5.74) is 2.14. The van der Waals surface area contributed by atoms with Crippen molar-refractivity contribution in [3.63, 3.8) is 0 Å². The topological polar surface area (TPSA) is 40.2 Å². The van der Waals surface area contributed by atoms with Crippen LogP contribution in [0.15, 0.2) is 42.5 Å². The average Bonchev–Trinajstić information content (AvgIpc) is 3.34. The number of hydrogen-bond acceptors (Lipinski definition) is 4. The summed E-state index contributed by atoms with van der Waals surface area (Å²) in [6, 6.07) is 13.8.